The molecule has 0 atom stereocenters. The van der Waals surface area contributed by atoms with Crippen LogP contribution in [-0.2, 0) is 0 Å². The molecular formula is C9H17N5O2. The molecule has 0 aromatic carbocycles. The molecule has 1 aromatic heterocycles. The summed E-state index contributed by atoms with van der Waals surface area (Å²) in [6.07, 6.45) is 3.21. The zero-order chi connectivity index (χ0) is 11.8. The second kappa shape index (κ2) is 6.78. The fourth-order valence-electron chi connectivity index (χ4n) is 1.22. The minimum atomic E-state index is 0.265. The van der Waals surface area contributed by atoms with Gasteiger partial charge in [-0.3, -0.25) is 15.7 Å². The Morgan fingerprint density at radius 2 is 2.25 bits per heavy atom. The van der Waals surface area contributed by atoms with Crippen molar-refractivity contribution in [1.29, 1.82) is 0 Å². The summed E-state index contributed by atoms with van der Waals surface area (Å²) >= 11 is 0. The lowest BCUT2D eigenvalue weighted by molar-refractivity contribution is 0.233. The van der Waals surface area contributed by atoms with Crippen LogP contribution in [0.25, 0.3) is 0 Å². The number of unbranched alkanes of at least 4 members (excludes halogenated alkanes) is 2. The van der Waals surface area contributed by atoms with E-state index in [1.165, 1.54) is 0 Å². The highest BCUT2D eigenvalue weighted by atomic mass is 16.6. The molecule has 1 heterocycles. The summed E-state index contributed by atoms with van der Waals surface area (Å²) in [6, 6.07) is 0. The Bertz CT molecular complexity index is 336. The first-order valence-electron chi connectivity index (χ1n) is 5.28. The third kappa shape index (κ3) is 3.20. The molecule has 1 aromatic rings. The van der Waals surface area contributed by atoms with Crippen LogP contribution >= 0.6 is 0 Å². The summed E-state index contributed by atoms with van der Waals surface area (Å²) in [6.45, 7) is 2.75. The topological polar surface area (TPSA) is 95.6 Å². The fourth-order valence-corrected chi connectivity index (χ4v) is 1.22. The molecule has 16 heavy (non-hydrogen) atoms. The van der Waals surface area contributed by atoms with Crippen LogP contribution in [0.3, 0.4) is 0 Å². The van der Waals surface area contributed by atoms with Crippen LogP contribution in [-0.4, -0.2) is 34.9 Å². The lowest BCUT2D eigenvalue weighted by atomic mass is 10.2. The molecule has 1 rings (SSSR count). The third-order valence-corrected chi connectivity index (χ3v) is 2.09. The van der Waals surface area contributed by atoms with Crippen molar-refractivity contribution in [1.82, 2.24) is 15.8 Å². The molecule has 0 amide bonds. The molecule has 0 radical (unpaired) electrons. The Morgan fingerprint density at radius 3 is 2.88 bits per heavy atom. The van der Waals surface area contributed by atoms with Crippen molar-refractivity contribution in [3.8, 4) is 0 Å². The van der Waals surface area contributed by atoms with Crippen LogP contribution in [0.15, 0.2) is 9.62 Å². The van der Waals surface area contributed by atoms with Gasteiger partial charge in [-0.15, -0.1) is 0 Å². The second-order valence-electron chi connectivity index (χ2n) is 3.26. The van der Waals surface area contributed by atoms with E-state index in [0.29, 0.717) is 18.1 Å². The van der Waals surface area contributed by atoms with Gasteiger partial charge in [0, 0.05) is 13.6 Å². The number of rotatable bonds is 6. The van der Waals surface area contributed by atoms with E-state index < -0.39 is 0 Å². The van der Waals surface area contributed by atoms with Gasteiger partial charge in [-0.1, -0.05) is 19.8 Å². The first kappa shape index (κ1) is 12.4. The van der Waals surface area contributed by atoms with Gasteiger partial charge in [0.2, 0.25) is 5.82 Å². The van der Waals surface area contributed by atoms with Gasteiger partial charge in [0.25, 0.3) is 0 Å². The average Bonchev–Trinajstić information content (AvgIpc) is 2.77. The van der Waals surface area contributed by atoms with Gasteiger partial charge >= 0.3 is 0 Å². The average molecular weight is 227 g/mol. The number of anilines is 1. The summed E-state index contributed by atoms with van der Waals surface area (Å²) in [7, 11) is 1.69. The van der Waals surface area contributed by atoms with Crippen LogP contribution in [0, 0.1) is 0 Å². The second-order valence-corrected chi connectivity index (χ2v) is 3.26. The number of hydrogen-bond donors (Lipinski definition) is 3. The molecule has 3 N–H and O–H groups in total. The number of hydroxylamine groups is 1. The van der Waals surface area contributed by atoms with Crippen molar-refractivity contribution in [2.24, 2.45) is 4.99 Å². The van der Waals surface area contributed by atoms with E-state index in [1.54, 1.807) is 7.05 Å². The highest BCUT2D eigenvalue weighted by Gasteiger charge is 2.14. The van der Waals surface area contributed by atoms with Crippen molar-refractivity contribution in [3.63, 3.8) is 0 Å². The standard InChI is InChI=1S/C9H17N5O2/c1-3-4-5-6-11-9(12-15)7-8(10-2)14-16-13-7/h15H,3-6H2,1-2H3,(H,10,14)(H,11,12). The number of hydrogen-bond acceptors (Lipinski definition) is 6. The molecule has 0 saturated heterocycles. The predicted molar refractivity (Wildman–Crippen MR) is 59.7 cm³/mol. The maximum Gasteiger partial charge on any atom is 0.202 e. The molecule has 7 nitrogen and oxygen atoms in total. The van der Waals surface area contributed by atoms with E-state index in [9.17, 15) is 0 Å². The van der Waals surface area contributed by atoms with E-state index in [4.69, 9.17) is 5.21 Å². The Balaban J connectivity index is 2.66. The number of amidine groups is 1. The van der Waals surface area contributed by atoms with Gasteiger partial charge in [-0.2, -0.15) is 0 Å². The van der Waals surface area contributed by atoms with Crippen LogP contribution in [0.5, 0.6) is 0 Å². The number of nitrogens with zero attached hydrogens (tertiary/aromatic N) is 3. The summed E-state index contributed by atoms with van der Waals surface area (Å²) in [5, 5.41) is 19.0. The molecule has 7 heteroatoms. The maximum absolute atomic E-state index is 8.96. The van der Waals surface area contributed by atoms with Gasteiger partial charge in [0.15, 0.2) is 11.5 Å². The number of aliphatic imine (C=N–C) groups is 1. The van der Waals surface area contributed by atoms with Crippen LogP contribution < -0.4 is 10.8 Å². The Labute approximate surface area is 93.9 Å². The first-order valence-corrected chi connectivity index (χ1v) is 5.28. The molecule has 0 spiro atoms. The van der Waals surface area contributed by atoms with Crippen LogP contribution in [0.2, 0.25) is 0 Å². The van der Waals surface area contributed by atoms with Crippen molar-refractivity contribution >= 4 is 11.7 Å². The molecule has 0 unspecified atom stereocenters. The van der Waals surface area contributed by atoms with E-state index in [-0.39, 0.29) is 5.84 Å². The zero-order valence-electron chi connectivity index (χ0n) is 9.53. The van der Waals surface area contributed by atoms with E-state index in [1.807, 2.05) is 5.48 Å². The number of aromatic nitrogens is 2. The van der Waals surface area contributed by atoms with E-state index in [2.05, 4.69) is 32.2 Å². The van der Waals surface area contributed by atoms with Crippen molar-refractivity contribution in [3.05, 3.63) is 5.69 Å². The maximum atomic E-state index is 8.96. The highest BCUT2D eigenvalue weighted by Crippen LogP contribution is 2.08. The van der Waals surface area contributed by atoms with Crippen LogP contribution in [0.1, 0.15) is 31.9 Å². The molecular weight excluding hydrogens is 210 g/mol. The van der Waals surface area contributed by atoms with Gasteiger partial charge in [0.1, 0.15) is 0 Å². The lowest BCUT2D eigenvalue weighted by Crippen LogP contribution is -2.22. The molecule has 0 aliphatic carbocycles. The molecule has 0 aliphatic heterocycles. The van der Waals surface area contributed by atoms with Gasteiger partial charge in [0.05, 0.1) is 0 Å². The molecule has 0 saturated carbocycles. The highest BCUT2D eigenvalue weighted by molar-refractivity contribution is 5.99. The van der Waals surface area contributed by atoms with Crippen LogP contribution in [0.4, 0.5) is 5.82 Å². The first-order chi connectivity index (χ1) is 7.83. The minimum absolute atomic E-state index is 0.265. The Kier molecular flexibility index (Phi) is 5.27. The Morgan fingerprint density at radius 1 is 1.44 bits per heavy atom. The van der Waals surface area contributed by atoms with Crippen molar-refractivity contribution in [2.75, 3.05) is 18.9 Å². The number of nitrogens with one attached hydrogen (secondary N) is 2. The zero-order valence-corrected chi connectivity index (χ0v) is 9.53. The Hall–Kier alpha value is -1.63. The smallest absolute Gasteiger partial charge is 0.202 e. The largest absolute Gasteiger partial charge is 0.368 e. The van der Waals surface area contributed by atoms with E-state index in [0.717, 1.165) is 19.3 Å². The molecule has 0 fully saturated rings. The monoisotopic (exact) mass is 227 g/mol. The summed E-state index contributed by atoms with van der Waals surface area (Å²) in [5.74, 6) is 0.706. The van der Waals surface area contributed by atoms with Gasteiger partial charge in [-0.25, -0.2) is 4.63 Å². The SMILES string of the molecule is CCCCCN=C(NO)c1nonc1NC. The summed E-state index contributed by atoms with van der Waals surface area (Å²) in [5.41, 5.74) is 2.38. The van der Waals surface area contributed by atoms with Crippen molar-refractivity contribution in [2.45, 2.75) is 26.2 Å². The summed E-state index contributed by atoms with van der Waals surface area (Å²) in [4.78, 5) is 4.18. The predicted octanol–water partition coefficient (Wildman–Crippen LogP) is 1.03. The quantitative estimate of drug-likeness (QED) is 0.291. The molecule has 0 aliphatic rings. The normalized spacial score (nSPS) is 11.6. The lowest BCUT2D eigenvalue weighted by Gasteiger charge is -2.02. The van der Waals surface area contributed by atoms with Crippen molar-refractivity contribution < 1.29 is 9.84 Å². The third-order valence-electron chi connectivity index (χ3n) is 2.09. The summed E-state index contributed by atoms with van der Waals surface area (Å²) < 4.78 is 4.55. The van der Waals surface area contributed by atoms with Gasteiger partial charge < -0.3 is 5.32 Å². The minimum Gasteiger partial charge on any atom is -0.368 e. The molecule has 90 valence electrons. The fraction of sp³-hybridized carbons (Fsp3) is 0.667. The van der Waals surface area contributed by atoms with Gasteiger partial charge in [-0.05, 0) is 16.7 Å². The van der Waals surface area contributed by atoms with E-state index >= 15 is 0 Å². The molecule has 0 bridgehead atoms.